The fourth-order valence-corrected chi connectivity index (χ4v) is 0. The quantitative estimate of drug-likeness (QED) is 0.521. The molecule has 0 bridgehead atoms. The number of rotatable bonds is 1. The van der Waals surface area contributed by atoms with Crippen molar-refractivity contribution in [1.82, 2.24) is 0 Å². The van der Waals surface area contributed by atoms with Crippen LogP contribution in [0.1, 0.15) is 13.3 Å². The molecule has 0 spiro atoms. The van der Waals surface area contributed by atoms with Gasteiger partial charge in [0.25, 0.3) is 0 Å². The van der Waals surface area contributed by atoms with E-state index in [2.05, 4.69) is 13.5 Å². The zero-order chi connectivity index (χ0) is 4.28. The summed E-state index contributed by atoms with van der Waals surface area (Å²) in [5, 5.41) is 0. The molecule has 0 unspecified atom stereocenters. The van der Waals surface area contributed by atoms with E-state index in [0.29, 0.717) is 0 Å². The summed E-state index contributed by atoms with van der Waals surface area (Å²) < 4.78 is 1.34. The van der Waals surface area contributed by atoms with E-state index in [1.54, 1.807) is 0 Å². The Bertz CT molecular complexity index is 38.9. The first kappa shape index (κ1) is 5.54. The average molecular weight is 174 g/mol. The van der Waals surface area contributed by atoms with E-state index >= 15 is 0 Å². The molecule has 0 aromatic heterocycles. The molecule has 1 heteroatoms. The minimum absolute atomic E-state index is 1.15. The van der Waals surface area contributed by atoms with E-state index in [1.165, 1.54) is 26.1 Å². The predicted molar refractivity (Wildman–Crippen MR) is 25.2 cm³/mol. The molecule has 0 aliphatic heterocycles. The van der Waals surface area contributed by atoms with E-state index in [0.717, 1.165) is 6.42 Å². The van der Waals surface area contributed by atoms with Crippen molar-refractivity contribution in [3.63, 3.8) is 0 Å². The zero-order valence-corrected chi connectivity index (χ0v) is 6.27. The van der Waals surface area contributed by atoms with E-state index < -0.39 is 0 Å². The van der Waals surface area contributed by atoms with E-state index in [-0.39, 0.29) is 0 Å². The second-order valence-electron chi connectivity index (χ2n) is 0.957. The molecule has 0 saturated carbocycles. The Kier molecular flexibility index (Phi) is 3.06. The summed E-state index contributed by atoms with van der Waals surface area (Å²) in [6.07, 6.45) is 1.15. The SMILES string of the molecule is C=[C]([Sn])CC. The van der Waals surface area contributed by atoms with Crippen LogP contribution in [0.4, 0.5) is 0 Å². The standard InChI is InChI=1S/C4H7.Sn/c1-3-4-2;/h1,4H2,2H3;. The summed E-state index contributed by atoms with van der Waals surface area (Å²) in [6, 6.07) is 0. The minimum atomic E-state index is 1.15. The molecule has 0 N–H and O–H groups in total. The van der Waals surface area contributed by atoms with E-state index in [4.69, 9.17) is 0 Å². The Morgan fingerprint density at radius 3 is 2.20 bits per heavy atom. The first-order chi connectivity index (χ1) is 2.27. The van der Waals surface area contributed by atoms with Crippen molar-refractivity contribution in [2.45, 2.75) is 13.3 Å². The molecule has 5 heavy (non-hydrogen) atoms. The molecular weight excluding hydrogens is 167 g/mol. The third-order valence-corrected chi connectivity index (χ3v) is 1.44. The Hall–Kier alpha value is 0.539. The van der Waals surface area contributed by atoms with Crippen molar-refractivity contribution in [3.05, 3.63) is 10.2 Å². The molecule has 0 fully saturated rings. The van der Waals surface area contributed by atoms with Crippen LogP contribution in [0.15, 0.2) is 10.2 Å². The molecule has 0 heterocycles. The molecule has 0 aromatic rings. The molecule has 0 aliphatic carbocycles. The van der Waals surface area contributed by atoms with Gasteiger partial charge in [0.1, 0.15) is 0 Å². The normalized spacial score (nSPS) is 7.60. The monoisotopic (exact) mass is 175 g/mol. The summed E-state index contributed by atoms with van der Waals surface area (Å²) in [6.45, 7) is 5.84. The number of hydrogen-bond acceptors (Lipinski definition) is 0. The summed E-state index contributed by atoms with van der Waals surface area (Å²) in [7, 11) is 0. The van der Waals surface area contributed by atoms with Crippen LogP contribution in [0.5, 0.6) is 0 Å². The van der Waals surface area contributed by atoms with Gasteiger partial charge in [-0.3, -0.25) is 0 Å². The van der Waals surface area contributed by atoms with E-state index in [9.17, 15) is 0 Å². The van der Waals surface area contributed by atoms with Gasteiger partial charge >= 0.3 is 46.0 Å². The maximum atomic E-state index is 3.71. The Balaban J connectivity index is 2.85. The zero-order valence-electron chi connectivity index (χ0n) is 3.41. The van der Waals surface area contributed by atoms with Crippen molar-refractivity contribution >= 4 is 22.5 Å². The average Bonchev–Trinajstić information content (AvgIpc) is 1.38. The maximum absolute atomic E-state index is 3.71. The molecule has 0 amide bonds. The van der Waals surface area contributed by atoms with Gasteiger partial charge in [-0.05, 0) is 0 Å². The first-order valence-corrected chi connectivity index (χ1v) is 3.09. The van der Waals surface area contributed by atoms with Crippen LogP contribution in [-0.2, 0) is 0 Å². The molecule has 27 valence electrons. The second kappa shape index (κ2) is 2.76. The summed E-state index contributed by atoms with van der Waals surface area (Å²) in [5.74, 6) is 0. The van der Waals surface area contributed by atoms with Gasteiger partial charge in [0.05, 0.1) is 0 Å². The molecule has 0 atom stereocenters. The summed E-state index contributed by atoms with van der Waals surface area (Å²) >= 11 is 1.48. The number of allylic oxidation sites excluding steroid dienone is 1. The van der Waals surface area contributed by atoms with Crippen LogP contribution in [-0.4, -0.2) is 22.5 Å². The third-order valence-electron chi connectivity index (χ3n) is 0.427. The Labute approximate surface area is 46.4 Å². The van der Waals surface area contributed by atoms with Gasteiger partial charge in [0.15, 0.2) is 0 Å². The van der Waals surface area contributed by atoms with Crippen molar-refractivity contribution in [2.24, 2.45) is 0 Å². The van der Waals surface area contributed by atoms with Crippen LogP contribution in [0.3, 0.4) is 0 Å². The van der Waals surface area contributed by atoms with Gasteiger partial charge in [-0.25, -0.2) is 0 Å². The fraction of sp³-hybridized carbons (Fsp3) is 0.500. The van der Waals surface area contributed by atoms with Crippen molar-refractivity contribution < 1.29 is 0 Å². The third kappa shape index (κ3) is 4.54. The molecule has 3 radical (unpaired) electrons. The van der Waals surface area contributed by atoms with E-state index in [1.807, 2.05) is 0 Å². The van der Waals surface area contributed by atoms with Crippen LogP contribution < -0.4 is 0 Å². The predicted octanol–water partition coefficient (Wildman–Crippen LogP) is 1.08. The van der Waals surface area contributed by atoms with Gasteiger partial charge in [-0.2, -0.15) is 0 Å². The molecule has 0 rings (SSSR count). The van der Waals surface area contributed by atoms with Gasteiger partial charge in [0.2, 0.25) is 0 Å². The van der Waals surface area contributed by atoms with Gasteiger partial charge in [0, 0.05) is 0 Å². The molecule has 0 nitrogen and oxygen atoms in total. The van der Waals surface area contributed by atoms with Gasteiger partial charge < -0.3 is 0 Å². The Morgan fingerprint density at radius 2 is 2.20 bits per heavy atom. The topological polar surface area (TPSA) is 0 Å². The first-order valence-electron chi connectivity index (χ1n) is 1.66. The van der Waals surface area contributed by atoms with Crippen LogP contribution in [0.2, 0.25) is 0 Å². The van der Waals surface area contributed by atoms with Gasteiger partial charge in [-0.15, -0.1) is 0 Å². The second-order valence-corrected chi connectivity index (χ2v) is 2.98. The molecule has 0 aromatic carbocycles. The Morgan fingerprint density at radius 1 is 2.00 bits per heavy atom. The number of hydrogen-bond donors (Lipinski definition) is 0. The van der Waals surface area contributed by atoms with Crippen LogP contribution in [0.25, 0.3) is 0 Å². The van der Waals surface area contributed by atoms with Crippen LogP contribution in [0, 0.1) is 0 Å². The molecular formula is C4H7Sn. The molecule has 0 saturated heterocycles. The van der Waals surface area contributed by atoms with Crippen LogP contribution >= 0.6 is 0 Å². The van der Waals surface area contributed by atoms with Crippen molar-refractivity contribution in [3.8, 4) is 0 Å². The molecule has 0 aliphatic rings. The fourth-order valence-electron chi connectivity index (χ4n) is 0. The van der Waals surface area contributed by atoms with Gasteiger partial charge in [-0.1, -0.05) is 0 Å². The summed E-state index contributed by atoms with van der Waals surface area (Å²) in [4.78, 5) is 0. The van der Waals surface area contributed by atoms with Crippen molar-refractivity contribution in [1.29, 1.82) is 0 Å². The summed E-state index contributed by atoms with van der Waals surface area (Å²) in [5.41, 5.74) is 0. The van der Waals surface area contributed by atoms with Crippen molar-refractivity contribution in [2.75, 3.05) is 0 Å².